The lowest BCUT2D eigenvalue weighted by molar-refractivity contribution is 0.526. The highest BCUT2D eigenvalue weighted by molar-refractivity contribution is 5.49. The van der Waals surface area contributed by atoms with Crippen LogP contribution < -0.4 is 10.2 Å². The topological polar surface area (TPSA) is 52.0 Å². The molecule has 0 saturated carbocycles. The summed E-state index contributed by atoms with van der Waals surface area (Å²) in [6, 6.07) is 14.4. The van der Waals surface area contributed by atoms with Gasteiger partial charge >= 0.3 is 0 Å². The highest BCUT2D eigenvalue weighted by Crippen LogP contribution is 2.21. The molecule has 4 nitrogen and oxygen atoms in total. The first-order valence-electron chi connectivity index (χ1n) is 7.27. The van der Waals surface area contributed by atoms with E-state index in [2.05, 4.69) is 33.4 Å². The minimum absolute atomic E-state index is 0.496. The Morgan fingerprint density at radius 1 is 1.05 bits per heavy atom. The van der Waals surface area contributed by atoms with Gasteiger partial charge in [0.1, 0.15) is 0 Å². The minimum atomic E-state index is 0.496. The normalized spacial score (nSPS) is 15.5. The van der Waals surface area contributed by atoms with Gasteiger partial charge in [0.25, 0.3) is 0 Å². The van der Waals surface area contributed by atoms with E-state index in [1.807, 2.05) is 36.7 Å². The van der Waals surface area contributed by atoms with E-state index in [1.54, 1.807) is 0 Å². The predicted octanol–water partition coefficient (Wildman–Crippen LogP) is 3.03. The summed E-state index contributed by atoms with van der Waals surface area (Å²) in [7, 11) is 0. The van der Waals surface area contributed by atoms with Crippen LogP contribution in [0.3, 0.4) is 0 Å². The number of piperidine rings is 1. The third-order valence-corrected chi connectivity index (χ3v) is 3.91. The summed E-state index contributed by atoms with van der Waals surface area (Å²) < 4.78 is 0. The zero-order valence-electron chi connectivity index (χ0n) is 11.9. The summed E-state index contributed by atoms with van der Waals surface area (Å²) >= 11 is 0. The number of nitriles is 1. The molecule has 3 rings (SSSR count). The second-order valence-electron chi connectivity index (χ2n) is 5.30. The van der Waals surface area contributed by atoms with Crippen molar-refractivity contribution < 1.29 is 0 Å². The van der Waals surface area contributed by atoms with Gasteiger partial charge in [-0.15, -0.1) is 0 Å². The Morgan fingerprint density at radius 3 is 2.33 bits per heavy atom. The number of hydrogen-bond acceptors (Lipinski definition) is 4. The van der Waals surface area contributed by atoms with Crippen LogP contribution in [0, 0.1) is 11.3 Å². The molecule has 2 aromatic rings. The molecule has 0 radical (unpaired) electrons. The van der Waals surface area contributed by atoms with E-state index in [9.17, 15) is 0 Å². The van der Waals surface area contributed by atoms with Crippen molar-refractivity contribution in [3.8, 4) is 6.07 Å². The quantitative estimate of drug-likeness (QED) is 0.937. The molecule has 0 spiro atoms. The molecule has 0 bridgehead atoms. The molecule has 1 N–H and O–H groups in total. The van der Waals surface area contributed by atoms with E-state index < -0.39 is 0 Å². The number of nitrogens with one attached hydrogen (secondary N) is 1. The molecule has 1 aliphatic heterocycles. The molecular weight excluding hydrogens is 260 g/mol. The Labute approximate surface area is 125 Å². The monoisotopic (exact) mass is 278 g/mol. The number of anilines is 2. The second kappa shape index (κ2) is 6.27. The maximum atomic E-state index is 8.81. The van der Waals surface area contributed by atoms with Crippen LogP contribution in [-0.4, -0.2) is 24.1 Å². The third-order valence-electron chi connectivity index (χ3n) is 3.91. The largest absolute Gasteiger partial charge is 0.382 e. The Morgan fingerprint density at radius 2 is 1.71 bits per heavy atom. The average molecular weight is 278 g/mol. The van der Waals surface area contributed by atoms with Crippen molar-refractivity contribution in [2.75, 3.05) is 23.3 Å². The van der Waals surface area contributed by atoms with Gasteiger partial charge in [0, 0.05) is 42.9 Å². The van der Waals surface area contributed by atoms with Crippen LogP contribution in [0.5, 0.6) is 0 Å². The van der Waals surface area contributed by atoms with Crippen molar-refractivity contribution in [1.29, 1.82) is 5.26 Å². The average Bonchev–Trinajstić information content (AvgIpc) is 2.57. The van der Waals surface area contributed by atoms with E-state index in [1.165, 1.54) is 5.69 Å². The molecule has 0 unspecified atom stereocenters. The van der Waals surface area contributed by atoms with Crippen LogP contribution in [0.15, 0.2) is 48.8 Å². The maximum absolute atomic E-state index is 8.81. The SMILES string of the molecule is N#Cc1ccc(NC2CCN(c3ccncc3)CC2)cc1. The van der Waals surface area contributed by atoms with Crippen molar-refractivity contribution in [3.05, 3.63) is 54.4 Å². The van der Waals surface area contributed by atoms with E-state index in [-0.39, 0.29) is 0 Å². The molecule has 1 saturated heterocycles. The van der Waals surface area contributed by atoms with Crippen molar-refractivity contribution in [3.63, 3.8) is 0 Å². The van der Waals surface area contributed by atoms with Crippen LogP contribution in [0.1, 0.15) is 18.4 Å². The lowest BCUT2D eigenvalue weighted by Gasteiger charge is -2.34. The minimum Gasteiger partial charge on any atom is -0.382 e. The van der Waals surface area contributed by atoms with E-state index in [0.717, 1.165) is 31.6 Å². The number of nitrogens with zero attached hydrogens (tertiary/aromatic N) is 3. The lowest BCUT2D eigenvalue weighted by atomic mass is 10.0. The highest BCUT2D eigenvalue weighted by Gasteiger charge is 2.19. The molecule has 0 amide bonds. The Balaban J connectivity index is 1.55. The summed E-state index contributed by atoms with van der Waals surface area (Å²) in [5.41, 5.74) is 3.05. The summed E-state index contributed by atoms with van der Waals surface area (Å²) in [5, 5.41) is 12.4. The van der Waals surface area contributed by atoms with Gasteiger partial charge in [0.05, 0.1) is 11.6 Å². The highest BCUT2D eigenvalue weighted by atomic mass is 15.1. The number of rotatable bonds is 3. The zero-order valence-corrected chi connectivity index (χ0v) is 11.9. The van der Waals surface area contributed by atoms with Crippen LogP contribution in [0.25, 0.3) is 0 Å². The summed E-state index contributed by atoms with van der Waals surface area (Å²) in [6.45, 7) is 2.11. The number of pyridine rings is 1. The van der Waals surface area contributed by atoms with Crippen LogP contribution >= 0.6 is 0 Å². The van der Waals surface area contributed by atoms with E-state index >= 15 is 0 Å². The first-order valence-corrected chi connectivity index (χ1v) is 7.27. The van der Waals surface area contributed by atoms with Crippen LogP contribution in [-0.2, 0) is 0 Å². The van der Waals surface area contributed by atoms with E-state index in [0.29, 0.717) is 11.6 Å². The van der Waals surface area contributed by atoms with Gasteiger partial charge in [-0.1, -0.05) is 0 Å². The lowest BCUT2D eigenvalue weighted by Crippen LogP contribution is -2.39. The van der Waals surface area contributed by atoms with Gasteiger partial charge < -0.3 is 10.2 Å². The van der Waals surface area contributed by atoms with Gasteiger partial charge in [-0.05, 0) is 49.2 Å². The van der Waals surface area contributed by atoms with Crippen LogP contribution in [0.4, 0.5) is 11.4 Å². The van der Waals surface area contributed by atoms with Gasteiger partial charge in [-0.25, -0.2) is 0 Å². The Kier molecular flexibility index (Phi) is 4.02. The van der Waals surface area contributed by atoms with Gasteiger partial charge in [-0.2, -0.15) is 5.26 Å². The third kappa shape index (κ3) is 3.32. The van der Waals surface area contributed by atoms with Gasteiger partial charge in [0.2, 0.25) is 0 Å². The maximum Gasteiger partial charge on any atom is 0.0991 e. The molecular formula is C17H18N4. The van der Waals surface area contributed by atoms with Gasteiger partial charge in [0.15, 0.2) is 0 Å². The molecule has 0 aliphatic carbocycles. The molecule has 4 heteroatoms. The zero-order chi connectivity index (χ0) is 14.5. The van der Waals surface area contributed by atoms with E-state index in [4.69, 9.17) is 5.26 Å². The fourth-order valence-electron chi connectivity index (χ4n) is 2.71. The molecule has 21 heavy (non-hydrogen) atoms. The standard InChI is InChI=1S/C17H18N4/c18-13-14-1-3-15(4-2-14)20-16-7-11-21(12-8-16)17-5-9-19-10-6-17/h1-6,9-10,16,20H,7-8,11-12H2. The number of aromatic nitrogens is 1. The molecule has 0 atom stereocenters. The van der Waals surface area contributed by atoms with Gasteiger partial charge in [-0.3, -0.25) is 4.98 Å². The summed E-state index contributed by atoms with van der Waals surface area (Å²) in [6.07, 6.45) is 5.91. The molecule has 1 aliphatic rings. The Bertz CT molecular complexity index is 607. The predicted molar refractivity (Wildman–Crippen MR) is 84.3 cm³/mol. The summed E-state index contributed by atoms with van der Waals surface area (Å²) in [5.74, 6) is 0. The fraction of sp³-hybridized carbons (Fsp3) is 0.294. The number of benzene rings is 1. The molecule has 106 valence electrons. The fourth-order valence-corrected chi connectivity index (χ4v) is 2.71. The smallest absolute Gasteiger partial charge is 0.0991 e. The van der Waals surface area contributed by atoms with Crippen molar-refractivity contribution >= 4 is 11.4 Å². The first-order chi connectivity index (χ1) is 10.3. The molecule has 1 fully saturated rings. The van der Waals surface area contributed by atoms with Crippen LogP contribution in [0.2, 0.25) is 0 Å². The Hall–Kier alpha value is -2.54. The first kappa shape index (κ1) is 13.4. The van der Waals surface area contributed by atoms with Crippen molar-refractivity contribution in [1.82, 2.24) is 4.98 Å². The molecule has 1 aromatic carbocycles. The molecule has 2 heterocycles. The second-order valence-corrected chi connectivity index (χ2v) is 5.30. The summed E-state index contributed by atoms with van der Waals surface area (Å²) in [4.78, 5) is 6.46. The van der Waals surface area contributed by atoms with Crippen molar-refractivity contribution in [2.24, 2.45) is 0 Å². The molecule has 1 aromatic heterocycles. The van der Waals surface area contributed by atoms with Crippen molar-refractivity contribution in [2.45, 2.75) is 18.9 Å². The number of hydrogen-bond donors (Lipinski definition) is 1.